The van der Waals surface area contributed by atoms with Crippen LogP contribution < -0.4 is 0 Å². The summed E-state index contributed by atoms with van der Waals surface area (Å²) in [5, 5.41) is 1.67. The lowest BCUT2D eigenvalue weighted by Gasteiger charge is -2.25. The molecule has 26 heavy (non-hydrogen) atoms. The first kappa shape index (κ1) is 21.2. The van der Waals surface area contributed by atoms with E-state index in [1.54, 1.807) is 6.07 Å². The third-order valence-electron chi connectivity index (χ3n) is 4.42. The van der Waals surface area contributed by atoms with Crippen LogP contribution in [-0.4, -0.2) is 53.4 Å². The minimum Gasteiger partial charge on any atom is -0.337 e. The van der Waals surface area contributed by atoms with E-state index >= 15 is 0 Å². The van der Waals surface area contributed by atoms with E-state index in [9.17, 15) is 4.79 Å². The Bertz CT molecular complexity index is 759. The summed E-state index contributed by atoms with van der Waals surface area (Å²) in [6, 6.07) is 5.45. The van der Waals surface area contributed by atoms with E-state index in [4.69, 9.17) is 23.2 Å². The van der Waals surface area contributed by atoms with Crippen molar-refractivity contribution in [3.8, 4) is 10.6 Å². The van der Waals surface area contributed by atoms with E-state index in [-0.39, 0.29) is 5.91 Å². The van der Waals surface area contributed by atoms with Crippen molar-refractivity contribution in [3.05, 3.63) is 38.8 Å². The summed E-state index contributed by atoms with van der Waals surface area (Å²) in [5.41, 5.74) is 1.49. The molecule has 2 aromatic rings. The second-order valence-corrected chi connectivity index (χ2v) is 7.73. The number of rotatable bonds is 8. The van der Waals surface area contributed by atoms with Crippen LogP contribution >= 0.6 is 34.5 Å². The first-order chi connectivity index (χ1) is 12.4. The minimum absolute atomic E-state index is 0.0269. The highest BCUT2D eigenvalue weighted by Crippen LogP contribution is 2.36. The lowest BCUT2D eigenvalue weighted by Crippen LogP contribution is -2.38. The topological polar surface area (TPSA) is 36.4 Å². The Morgan fingerprint density at radius 2 is 1.81 bits per heavy atom. The normalized spacial score (nSPS) is 11.2. The lowest BCUT2D eigenvalue weighted by molar-refractivity contribution is 0.0750. The van der Waals surface area contributed by atoms with Gasteiger partial charge in [0.2, 0.25) is 0 Å². The van der Waals surface area contributed by atoms with E-state index in [1.165, 1.54) is 11.3 Å². The Balaban J connectivity index is 2.23. The molecule has 0 aliphatic carbocycles. The summed E-state index contributed by atoms with van der Waals surface area (Å²) in [7, 11) is 0. The number of benzene rings is 1. The van der Waals surface area contributed by atoms with E-state index in [0.29, 0.717) is 28.0 Å². The van der Waals surface area contributed by atoms with Crippen LogP contribution in [0.3, 0.4) is 0 Å². The lowest BCUT2D eigenvalue weighted by atomic mass is 10.2. The van der Waals surface area contributed by atoms with Crippen LogP contribution in [0.15, 0.2) is 18.2 Å². The van der Waals surface area contributed by atoms with Crippen molar-refractivity contribution >= 4 is 40.4 Å². The molecule has 142 valence electrons. The second kappa shape index (κ2) is 9.70. The number of aromatic nitrogens is 1. The zero-order valence-electron chi connectivity index (χ0n) is 15.7. The summed E-state index contributed by atoms with van der Waals surface area (Å²) < 4.78 is 0. The van der Waals surface area contributed by atoms with E-state index in [0.717, 1.165) is 35.9 Å². The average Bonchev–Trinajstić information content (AvgIpc) is 3.02. The molecule has 0 spiro atoms. The monoisotopic (exact) mass is 413 g/mol. The van der Waals surface area contributed by atoms with E-state index < -0.39 is 0 Å². The fourth-order valence-electron chi connectivity index (χ4n) is 2.73. The smallest absolute Gasteiger partial charge is 0.265 e. The van der Waals surface area contributed by atoms with E-state index in [1.807, 2.05) is 30.9 Å². The molecule has 1 aromatic carbocycles. The van der Waals surface area contributed by atoms with Crippen molar-refractivity contribution in [3.63, 3.8) is 0 Å². The SMILES string of the molecule is CCN(CC)CCN(CC)C(=O)c1sc(-c2cccc(Cl)c2Cl)nc1C. The van der Waals surface area contributed by atoms with Crippen LogP contribution in [0.2, 0.25) is 10.0 Å². The van der Waals surface area contributed by atoms with Gasteiger partial charge in [0.15, 0.2) is 0 Å². The zero-order chi connectivity index (χ0) is 19.3. The molecule has 7 heteroatoms. The number of hydrogen-bond acceptors (Lipinski definition) is 4. The fourth-order valence-corrected chi connectivity index (χ4v) is 4.24. The molecule has 1 aromatic heterocycles. The number of amides is 1. The molecular formula is C19H25Cl2N3OS. The summed E-state index contributed by atoms with van der Waals surface area (Å²) in [4.78, 5) is 22.4. The number of hydrogen-bond donors (Lipinski definition) is 0. The van der Waals surface area contributed by atoms with Gasteiger partial charge in [0.05, 0.1) is 15.7 Å². The molecule has 0 N–H and O–H groups in total. The first-order valence-corrected chi connectivity index (χ1v) is 10.4. The largest absolute Gasteiger partial charge is 0.337 e. The molecular weight excluding hydrogens is 389 g/mol. The van der Waals surface area contributed by atoms with Gasteiger partial charge in [0, 0.05) is 25.2 Å². The van der Waals surface area contributed by atoms with Crippen LogP contribution in [-0.2, 0) is 0 Å². The average molecular weight is 414 g/mol. The Kier molecular flexibility index (Phi) is 7.89. The van der Waals surface area contributed by atoms with Crippen molar-refractivity contribution in [1.29, 1.82) is 0 Å². The van der Waals surface area contributed by atoms with Crippen LogP contribution in [0.25, 0.3) is 10.6 Å². The van der Waals surface area contributed by atoms with Crippen LogP contribution in [0, 0.1) is 6.92 Å². The highest BCUT2D eigenvalue weighted by Gasteiger charge is 2.22. The summed E-state index contributed by atoms with van der Waals surface area (Å²) in [5.74, 6) is 0.0269. The van der Waals surface area contributed by atoms with Gasteiger partial charge >= 0.3 is 0 Å². The molecule has 4 nitrogen and oxygen atoms in total. The van der Waals surface area contributed by atoms with Gasteiger partial charge < -0.3 is 9.80 Å². The Labute approximate surface area is 169 Å². The Morgan fingerprint density at radius 1 is 1.12 bits per heavy atom. The van der Waals surface area contributed by atoms with Crippen LogP contribution in [0.5, 0.6) is 0 Å². The third-order valence-corrected chi connectivity index (χ3v) is 6.42. The number of aryl methyl sites for hydroxylation is 1. The predicted octanol–water partition coefficient (Wildman–Crippen LogP) is 5.23. The van der Waals surface area contributed by atoms with Crippen molar-refractivity contribution in [1.82, 2.24) is 14.8 Å². The number of halogens is 2. The zero-order valence-corrected chi connectivity index (χ0v) is 18.0. The van der Waals surface area contributed by atoms with Gasteiger partial charge in [0.25, 0.3) is 5.91 Å². The van der Waals surface area contributed by atoms with Crippen molar-refractivity contribution < 1.29 is 4.79 Å². The van der Waals surface area contributed by atoms with Gasteiger partial charge in [-0.05, 0) is 33.0 Å². The number of carbonyl (C=O) groups is 1. The summed E-state index contributed by atoms with van der Waals surface area (Å²) in [6.07, 6.45) is 0. The summed E-state index contributed by atoms with van der Waals surface area (Å²) in [6.45, 7) is 12.4. The molecule has 0 radical (unpaired) electrons. The van der Waals surface area contributed by atoms with Gasteiger partial charge in [0.1, 0.15) is 9.88 Å². The molecule has 0 unspecified atom stereocenters. The standard InChI is InChI=1S/C19H25Cl2N3OS/c1-5-23(6-2)11-12-24(7-3)19(25)17-13(4)22-18(26-17)14-9-8-10-15(20)16(14)21/h8-10H,5-7,11-12H2,1-4H3. The number of nitrogens with zero attached hydrogens (tertiary/aromatic N) is 3. The molecule has 0 bridgehead atoms. The highest BCUT2D eigenvalue weighted by molar-refractivity contribution is 7.17. The highest BCUT2D eigenvalue weighted by atomic mass is 35.5. The Hall–Kier alpha value is -1.14. The number of likely N-dealkylation sites (N-methyl/N-ethyl adjacent to an activating group) is 2. The quantitative estimate of drug-likeness (QED) is 0.594. The van der Waals surface area contributed by atoms with Crippen LogP contribution in [0.4, 0.5) is 0 Å². The molecule has 0 saturated carbocycles. The second-order valence-electron chi connectivity index (χ2n) is 5.95. The van der Waals surface area contributed by atoms with Gasteiger partial charge in [-0.3, -0.25) is 4.79 Å². The van der Waals surface area contributed by atoms with Gasteiger partial charge in [-0.2, -0.15) is 0 Å². The third kappa shape index (κ3) is 4.77. The molecule has 1 amide bonds. The maximum absolute atomic E-state index is 13.0. The Morgan fingerprint density at radius 3 is 2.42 bits per heavy atom. The maximum Gasteiger partial charge on any atom is 0.265 e. The molecule has 1 heterocycles. The maximum atomic E-state index is 13.0. The van der Waals surface area contributed by atoms with Gasteiger partial charge in [-0.25, -0.2) is 4.98 Å². The fraction of sp³-hybridized carbons (Fsp3) is 0.474. The molecule has 0 atom stereocenters. The van der Waals surface area contributed by atoms with Crippen molar-refractivity contribution in [2.75, 3.05) is 32.7 Å². The van der Waals surface area contributed by atoms with Crippen LogP contribution in [0.1, 0.15) is 36.1 Å². The summed E-state index contributed by atoms with van der Waals surface area (Å²) >= 11 is 13.8. The predicted molar refractivity (Wildman–Crippen MR) is 112 cm³/mol. The van der Waals surface area contributed by atoms with Gasteiger partial charge in [-0.1, -0.05) is 49.2 Å². The molecule has 0 aliphatic rings. The van der Waals surface area contributed by atoms with Gasteiger partial charge in [-0.15, -0.1) is 11.3 Å². The van der Waals surface area contributed by atoms with E-state index in [2.05, 4.69) is 23.7 Å². The number of thiazole rings is 1. The van der Waals surface area contributed by atoms with Crippen molar-refractivity contribution in [2.45, 2.75) is 27.7 Å². The minimum atomic E-state index is 0.0269. The number of carbonyl (C=O) groups excluding carboxylic acids is 1. The molecule has 2 rings (SSSR count). The molecule has 0 saturated heterocycles. The van der Waals surface area contributed by atoms with Crippen molar-refractivity contribution in [2.24, 2.45) is 0 Å². The first-order valence-electron chi connectivity index (χ1n) is 8.86. The molecule has 0 fully saturated rings. The molecule has 0 aliphatic heterocycles.